The summed E-state index contributed by atoms with van der Waals surface area (Å²) in [6.07, 6.45) is 1.02. The number of benzene rings is 1. The molecule has 1 aromatic carbocycles. The maximum absolute atomic E-state index is 6.16. The Kier molecular flexibility index (Phi) is 4.01. The van der Waals surface area contributed by atoms with E-state index in [2.05, 4.69) is 39.4 Å². The van der Waals surface area contributed by atoms with E-state index < -0.39 is 0 Å². The van der Waals surface area contributed by atoms with Crippen LogP contribution in [0.5, 0.6) is 11.5 Å². The van der Waals surface area contributed by atoms with Crippen LogP contribution < -0.4 is 14.8 Å². The smallest absolute Gasteiger partial charge is 0.135 e. The molecule has 2 unspecified atom stereocenters. The van der Waals surface area contributed by atoms with E-state index in [1.165, 1.54) is 10.4 Å². The highest BCUT2D eigenvalue weighted by atomic mass is 79.9. The predicted molar refractivity (Wildman–Crippen MR) is 84.8 cm³/mol. The van der Waals surface area contributed by atoms with Crippen molar-refractivity contribution < 1.29 is 9.47 Å². The largest absolute Gasteiger partial charge is 0.497 e. The minimum Gasteiger partial charge on any atom is -0.497 e. The summed E-state index contributed by atoms with van der Waals surface area (Å²) in [4.78, 5) is 1.25. The van der Waals surface area contributed by atoms with Crippen LogP contribution in [0.25, 0.3) is 0 Å². The monoisotopic (exact) mass is 353 g/mol. The molecule has 0 bridgehead atoms. The topological polar surface area (TPSA) is 30.5 Å². The van der Waals surface area contributed by atoms with Gasteiger partial charge in [-0.05, 0) is 53.3 Å². The van der Waals surface area contributed by atoms with Crippen molar-refractivity contribution in [2.24, 2.45) is 0 Å². The maximum atomic E-state index is 6.16. The van der Waals surface area contributed by atoms with Gasteiger partial charge >= 0.3 is 0 Å². The van der Waals surface area contributed by atoms with E-state index >= 15 is 0 Å². The summed E-state index contributed by atoms with van der Waals surface area (Å²) in [7, 11) is 3.67. The number of rotatable bonds is 3. The molecule has 0 fully saturated rings. The van der Waals surface area contributed by atoms with Crippen LogP contribution >= 0.6 is 27.3 Å². The molecule has 0 amide bonds. The predicted octanol–water partition coefficient (Wildman–Crippen LogP) is 4.30. The van der Waals surface area contributed by atoms with Gasteiger partial charge in [0.15, 0.2) is 0 Å². The van der Waals surface area contributed by atoms with Gasteiger partial charge in [-0.25, -0.2) is 0 Å². The molecule has 5 heteroatoms. The normalized spacial score (nSPS) is 21.1. The minimum absolute atomic E-state index is 0.102. The highest BCUT2D eigenvalue weighted by Crippen LogP contribution is 2.43. The summed E-state index contributed by atoms with van der Waals surface area (Å²) in [5.41, 5.74) is 1.17. The van der Waals surface area contributed by atoms with Gasteiger partial charge < -0.3 is 14.8 Å². The van der Waals surface area contributed by atoms with Crippen LogP contribution in [0.4, 0.5) is 0 Å². The highest BCUT2D eigenvalue weighted by Gasteiger charge is 2.29. The first-order valence-corrected chi connectivity index (χ1v) is 8.09. The Labute approximate surface area is 131 Å². The zero-order valence-corrected chi connectivity index (χ0v) is 13.8. The molecule has 1 aromatic heterocycles. The third kappa shape index (κ3) is 2.57. The van der Waals surface area contributed by atoms with Crippen molar-refractivity contribution in [3.63, 3.8) is 0 Å². The molecule has 1 aliphatic heterocycles. The van der Waals surface area contributed by atoms with Gasteiger partial charge in [-0.1, -0.05) is 0 Å². The number of nitrogens with one attached hydrogen (secondary N) is 1. The van der Waals surface area contributed by atoms with Crippen molar-refractivity contribution in [1.82, 2.24) is 5.32 Å². The highest BCUT2D eigenvalue weighted by molar-refractivity contribution is 9.11. The molecule has 0 saturated carbocycles. The van der Waals surface area contributed by atoms with Crippen LogP contribution in [-0.4, -0.2) is 14.2 Å². The van der Waals surface area contributed by atoms with Gasteiger partial charge in [0.25, 0.3) is 0 Å². The van der Waals surface area contributed by atoms with Crippen molar-refractivity contribution in [1.29, 1.82) is 0 Å². The second-order valence-electron chi connectivity index (χ2n) is 4.73. The number of ether oxygens (including phenoxy) is 2. The van der Waals surface area contributed by atoms with Crippen molar-refractivity contribution in [2.45, 2.75) is 18.6 Å². The number of fused-ring (bicyclic) bond motifs is 1. The van der Waals surface area contributed by atoms with Gasteiger partial charge in [-0.2, -0.15) is 0 Å². The molecule has 20 heavy (non-hydrogen) atoms. The van der Waals surface area contributed by atoms with Gasteiger partial charge in [0, 0.05) is 22.9 Å². The van der Waals surface area contributed by atoms with Crippen LogP contribution in [0.2, 0.25) is 0 Å². The van der Waals surface area contributed by atoms with Crippen LogP contribution in [0.3, 0.4) is 0 Å². The van der Waals surface area contributed by atoms with E-state index in [9.17, 15) is 0 Å². The van der Waals surface area contributed by atoms with E-state index in [1.807, 2.05) is 19.2 Å². The Morgan fingerprint density at radius 2 is 2.20 bits per heavy atom. The summed E-state index contributed by atoms with van der Waals surface area (Å²) in [5, 5.41) is 3.38. The number of halogens is 1. The Morgan fingerprint density at radius 1 is 1.35 bits per heavy atom. The molecule has 2 aromatic rings. The lowest BCUT2D eigenvalue weighted by molar-refractivity contribution is 0.157. The second-order valence-corrected chi connectivity index (χ2v) is 7.22. The second kappa shape index (κ2) is 5.76. The molecule has 0 spiro atoms. The molecule has 3 nitrogen and oxygen atoms in total. The standard InChI is InChI=1S/C15H16BrNO2S/c1-17-11-8-13(14-5-6-15(16)20-14)19-12-4-3-9(18-2)7-10(11)12/h3-7,11,13,17H,8H2,1-2H3. The molecule has 106 valence electrons. The van der Waals surface area contributed by atoms with Crippen molar-refractivity contribution >= 4 is 27.3 Å². The van der Waals surface area contributed by atoms with Crippen molar-refractivity contribution in [3.05, 3.63) is 44.6 Å². The molecule has 2 atom stereocenters. The van der Waals surface area contributed by atoms with E-state index in [0.29, 0.717) is 0 Å². The van der Waals surface area contributed by atoms with E-state index in [1.54, 1.807) is 18.4 Å². The van der Waals surface area contributed by atoms with Crippen LogP contribution in [0.1, 0.15) is 29.0 Å². The Hall–Kier alpha value is -1.04. The average Bonchev–Trinajstić information content (AvgIpc) is 2.92. The Balaban J connectivity index is 1.94. The van der Waals surface area contributed by atoms with Gasteiger partial charge in [0.2, 0.25) is 0 Å². The Bertz CT molecular complexity index is 614. The summed E-state index contributed by atoms with van der Waals surface area (Å²) in [5.74, 6) is 1.80. The third-order valence-corrected chi connectivity index (χ3v) is 5.29. The molecule has 0 saturated heterocycles. The first-order valence-electron chi connectivity index (χ1n) is 6.48. The fourth-order valence-electron chi connectivity index (χ4n) is 2.52. The van der Waals surface area contributed by atoms with Gasteiger partial charge in [-0.3, -0.25) is 0 Å². The first kappa shape index (κ1) is 13.9. The van der Waals surface area contributed by atoms with Crippen LogP contribution in [-0.2, 0) is 0 Å². The van der Waals surface area contributed by atoms with Crippen LogP contribution in [0.15, 0.2) is 34.1 Å². The van der Waals surface area contributed by atoms with Gasteiger partial charge in [0.1, 0.15) is 17.6 Å². The molecule has 1 N–H and O–H groups in total. The molecule has 3 rings (SSSR count). The summed E-state index contributed by atoms with van der Waals surface area (Å²) in [6.45, 7) is 0. The van der Waals surface area contributed by atoms with Gasteiger partial charge in [-0.15, -0.1) is 11.3 Å². The first-order chi connectivity index (χ1) is 9.71. The average molecular weight is 354 g/mol. The minimum atomic E-state index is 0.102. The Morgan fingerprint density at radius 3 is 2.85 bits per heavy atom. The lowest BCUT2D eigenvalue weighted by Gasteiger charge is -2.31. The molecule has 2 heterocycles. The molecular formula is C15H16BrNO2S. The molecule has 0 radical (unpaired) electrons. The van der Waals surface area contributed by atoms with Crippen LogP contribution in [0, 0.1) is 0 Å². The van der Waals surface area contributed by atoms with E-state index in [4.69, 9.17) is 9.47 Å². The quantitative estimate of drug-likeness (QED) is 0.891. The number of methoxy groups -OCH3 is 1. The maximum Gasteiger partial charge on any atom is 0.135 e. The number of thiophene rings is 1. The fourth-order valence-corrected chi connectivity index (χ4v) is 3.99. The van der Waals surface area contributed by atoms with Crippen molar-refractivity contribution in [3.8, 4) is 11.5 Å². The number of hydrogen-bond donors (Lipinski definition) is 1. The van der Waals surface area contributed by atoms with Crippen molar-refractivity contribution in [2.75, 3.05) is 14.2 Å². The summed E-state index contributed by atoms with van der Waals surface area (Å²) < 4.78 is 12.6. The summed E-state index contributed by atoms with van der Waals surface area (Å²) in [6, 6.07) is 10.5. The zero-order valence-electron chi connectivity index (χ0n) is 11.4. The number of hydrogen-bond acceptors (Lipinski definition) is 4. The summed E-state index contributed by atoms with van der Waals surface area (Å²) >= 11 is 5.24. The van der Waals surface area contributed by atoms with Gasteiger partial charge in [0.05, 0.1) is 10.9 Å². The lowest BCUT2D eigenvalue weighted by atomic mass is 9.95. The van der Waals surface area contributed by atoms with E-state index in [0.717, 1.165) is 21.7 Å². The molecular weight excluding hydrogens is 338 g/mol. The lowest BCUT2D eigenvalue weighted by Crippen LogP contribution is -2.26. The SMILES string of the molecule is CNC1CC(c2ccc(Br)s2)Oc2ccc(OC)cc21. The molecule has 1 aliphatic rings. The third-order valence-electron chi connectivity index (χ3n) is 3.57. The van der Waals surface area contributed by atoms with E-state index in [-0.39, 0.29) is 12.1 Å². The zero-order chi connectivity index (χ0) is 14.1. The molecule has 0 aliphatic carbocycles. The fraction of sp³-hybridized carbons (Fsp3) is 0.333.